The number of amides is 1. The zero-order valence-electron chi connectivity index (χ0n) is 11.9. The average molecular weight is 291 g/mol. The van der Waals surface area contributed by atoms with Gasteiger partial charge in [-0.05, 0) is 23.8 Å². The van der Waals surface area contributed by atoms with Gasteiger partial charge in [-0.2, -0.15) is 0 Å². The molecule has 1 amide bonds. The van der Waals surface area contributed by atoms with E-state index in [0.717, 1.165) is 5.56 Å². The summed E-state index contributed by atoms with van der Waals surface area (Å²) in [6, 6.07) is 5.38. The summed E-state index contributed by atoms with van der Waals surface area (Å²) in [5.74, 6) is -0.434. The van der Waals surface area contributed by atoms with Crippen molar-refractivity contribution in [3.63, 3.8) is 0 Å². The summed E-state index contributed by atoms with van der Waals surface area (Å²) in [5.41, 5.74) is 0.812. The van der Waals surface area contributed by atoms with Crippen molar-refractivity contribution in [1.29, 1.82) is 0 Å². The van der Waals surface area contributed by atoms with Gasteiger partial charge in [0.1, 0.15) is 0 Å². The number of nitrogens with zero attached hydrogens (tertiary/aromatic N) is 1. The summed E-state index contributed by atoms with van der Waals surface area (Å²) < 4.78 is 10.5. The molecular weight excluding hydrogens is 274 g/mol. The first-order chi connectivity index (χ1) is 9.97. The van der Waals surface area contributed by atoms with E-state index < -0.39 is 11.9 Å². The van der Waals surface area contributed by atoms with Gasteiger partial charge in [0.2, 0.25) is 12.7 Å². The first-order valence-electron chi connectivity index (χ1n) is 6.53. The van der Waals surface area contributed by atoms with E-state index in [-0.39, 0.29) is 19.2 Å². The zero-order chi connectivity index (χ0) is 15.4. The Morgan fingerprint density at radius 3 is 2.81 bits per heavy atom. The fourth-order valence-corrected chi connectivity index (χ4v) is 1.89. The maximum absolute atomic E-state index is 11.9. The molecule has 0 fully saturated rings. The van der Waals surface area contributed by atoms with Gasteiger partial charge in [-0.1, -0.05) is 13.0 Å². The van der Waals surface area contributed by atoms with Crippen LogP contribution in [0.5, 0.6) is 11.5 Å². The SMILES string of the molecule is C[C@H](CN(C)C(=O)/C=C/c1ccc2c(c1)OCO2)C(=O)O. The van der Waals surface area contributed by atoms with Crippen molar-refractivity contribution in [2.45, 2.75) is 6.92 Å². The molecule has 6 heteroatoms. The topological polar surface area (TPSA) is 76.1 Å². The molecule has 6 nitrogen and oxygen atoms in total. The van der Waals surface area contributed by atoms with Crippen molar-refractivity contribution in [1.82, 2.24) is 4.90 Å². The highest BCUT2D eigenvalue weighted by Gasteiger charge is 2.16. The Balaban J connectivity index is 1.97. The molecule has 1 heterocycles. The van der Waals surface area contributed by atoms with Crippen molar-refractivity contribution in [3.05, 3.63) is 29.8 Å². The quantitative estimate of drug-likeness (QED) is 0.834. The Morgan fingerprint density at radius 2 is 2.10 bits per heavy atom. The second-order valence-electron chi connectivity index (χ2n) is 4.90. The largest absolute Gasteiger partial charge is 0.481 e. The lowest BCUT2D eigenvalue weighted by Gasteiger charge is -2.17. The predicted molar refractivity (Wildman–Crippen MR) is 76.0 cm³/mol. The van der Waals surface area contributed by atoms with Crippen molar-refractivity contribution in [2.24, 2.45) is 5.92 Å². The molecule has 0 saturated carbocycles. The van der Waals surface area contributed by atoms with E-state index in [1.165, 1.54) is 11.0 Å². The predicted octanol–water partition coefficient (Wildman–Crippen LogP) is 1.61. The van der Waals surface area contributed by atoms with Gasteiger partial charge in [0.05, 0.1) is 5.92 Å². The Kier molecular flexibility index (Phi) is 4.47. The van der Waals surface area contributed by atoms with E-state index >= 15 is 0 Å². The summed E-state index contributed by atoms with van der Waals surface area (Å²) in [4.78, 5) is 24.0. The van der Waals surface area contributed by atoms with Crippen LogP contribution in [0.3, 0.4) is 0 Å². The van der Waals surface area contributed by atoms with Crippen LogP contribution in [0.4, 0.5) is 0 Å². The number of hydrogen-bond donors (Lipinski definition) is 1. The van der Waals surface area contributed by atoms with Gasteiger partial charge in [0.25, 0.3) is 0 Å². The zero-order valence-corrected chi connectivity index (χ0v) is 11.9. The lowest BCUT2D eigenvalue weighted by molar-refractivity contribution is -0.142. The Morgan fingerprint density at radius 1 is 1.38 bits per heavy atom. The molecule has 2 rings (SSSR count). The van der Waals surface area contributed by atoms with Gasteiger partial charge >= 0.3 is 5.97 Å². The molecular formula is C15H17NO5. The standard InChI is InChI=1S/C15H17NO5/c1-10(15(18)19)8-16(2)14(17)6-4-11-3-5-12-13(7-11)21-9-20-12/h3-7,10H,8-9H2,1-2H3,(H,18,19)/b6-4+/t10-/m1/s1. The Bertz CT molecular complexity index is 581. The van der Waals surface area contributed by atoms with Gasteiger partial charge in [0, 0.05) is 19.7 Å². The Labute approximate surface area is 122 Å². The maximum atomic E-state index is 11.9. The van der Waals surface area contributed by atoms with E-state index in [9.17, 15) is 9.59 Å². The highest BCUT2D eigenvalue weighted by Crippen LogP contribution is 2.32. The molecule has 21 heavy (non-hydrogen) atoms. The highest BCUT2D eigenvalue weighted by molar-refractivity contribution is 5.92. The molecule has 0 aliphatic carbocycles. The molecule has 1 aromatic rings. The number of benzene rings is 1. The third-order valence-corrected chi connectivity index (χ3v) is 3.16. The molecule has 0 unspecified atom stereocenters. The molecule has 112 valence electrons. The molecule has 1 atom stereocenters. The van der Waals surface area contributed by atoms with Crippen molar-refractivity contribution >= 4 is 18.0 Å². The monoisotopic (exact) mass is 291 g/mol. The molecule has 0 saturated heterocycles. The maximum Gasteiger partial charge on any atom is 0.308 e. The minimum Gasteiger partial charge on any atom is -0.481 e. The molecule has 1 aliphatic rings. The van der Waals surface area contributed by atoms with Gasteiger partial charge < -0.3 is 19.5 Å². The number of fused-ring (bicyclic) bond motifs is 1. The number of aliphatic carboxylic acids is 1. The summed E-state index contributed by atoms with van der Waals surface area (Å²) >= 11 is 0. The van der Waals surface area contributed by atoms with Crippen LogP contribution in [0, 0.1) is 5.92 Å². The van der Waals surface area contributed by atoms with Gasteiger partial charge in [-0.3, -0.25) is 9.59 Å². The number of ether oxygens (including phenoxy) is 2. The third-order valence-electron chi connectivity index (χ3n) is 3.16. The third kappa shape index (κ3) is 3.75. The second kappa shape index (κ2) is 6.30. The van der Waals surface area contributed by atoms with E-state index in [2.05, 4.69) is 0 Å². The van der Waals surface area contributed by atoms with Crippen LogP contribution in [0.1, 0.15) is 12.5 Å². The van der Waals surface area contributed by atoms with Crippen LogP contribution < -0.4 is 9.47 Å². The molecule has 0 bridgehead atoms. The number of carboxylic acids is 1. The van der Waals surface area contributed by atoms with Crippen LogP contribution >= 0.6 is 0 Å². The number of carboxylic acid groups (broad SMARTS) is 1. The van der Waals surface area contributed by atoms with E-state index in [4.69, 9.17) is 14.6 Å². The molecule has 0 radical (unpaired) electrons. The molecule has 0 aromatic heterocycles. The lowest BCUT2D eigenvalue weighted by Crippen LogP contribution is -2.32. The summed E-state index contributed by atoms with van der Waals surface area (Å²) in [6.45, 7) is 1.94. The summed E-state index contributed by atoms with van der Waals surface area (Å²) in [6.07, 6.45) is 3.07. The number of likely N-dealkylation sites (N-methyl/N-ethyl adjacent to an activating group) is 1. The van der Waals surface area contributed by atoms with Gasteiger partial charge in [0.15, 0.2) is 11.5 Å². The highest BCUT2D eigenvalue weighted by atomic mass is 16.7. The Hall–Kier alpha value is -2.50. The minimum absolute atomic E-state index is 0.166. The number of hydrogen-bond acceptors (Lipinski definition) is 4. The van der Waals surface area contributed by atoms with E-state index in [1.54, 1.807) is 32.2 Å². The summed E-state index contributed by atoms with van der Waals surface area (Å²) in [5, 5.41) is 8.83. The normalized spacial score (nSPS) is 14.2. The lowest BCUT2D eigenvalue weighted by atomic mass is 10.1. The van der Waals surface area contributed by atoms with Crippen LogP contribution in [0.25, 0.3) is 6.08 Å². The van der Waals surface area contributed by atoms with Crippen LogP contribution in [0.15, 0.2) is 24.3 Å². The number of rotatable bonds is 5. The van der Waals surface area contributed by atoms with Crippen LogP contribution in [-0.2, 0) is 9.59 Å². The number of carbonyl (C=O) groups is 2. The fraction of sp³-hybridized carbons (Fsp3) is 0.333. The number of carbonyl (C=O) groups excluding carboxylic acids is 1. The van der Waals surface area contributed by atoms with E-state index in [0.29, 0.717) is 11.5 Å². The average Bonchev–Trinajstić information content (AvgIpc) is 2.91. The molecule has 1 aromatic carbocycles. The van der Waals surface area contributed by atoms with Crippen molar-refractivity contribution in [2.75, 3.05) is 20.4 Å². The minimum atomic E-state index is -0.922. The molecule has 0 spiro atoms. The van der Waals surface area contributed by atoms with Crippen molar-refractivity contribution in [3.8, 4) is 11.5 Å². The molecule has 1 aliphatic heterocycles. The molecule has 1 N–H and O–H groups in total. The van der Waals surface area contributed by atoms with Crippen molar-refractivity contribution < 1.29 is 24.2 Å². The van der Waals surface area contributed by atoms with Gasteiger partial charge in [-0.15, -0.1) is 0 Å². The van der Waals surface area contributed by atoms with Crippen LogP contribution in [0.2, 0.25) is 0 Å². The fourth-order valence-electron chi connectivity index (χ4n) is 1.89. The van der Waals surface area contributed by atoms with Gasteiger partial charge in [-0.25, -0.2) is 0 Å². The first kappa shape index (κ1) is 14.9. The smallest absolute Gasteiger partial charge is 0.308 e. The summed E-state index contributed by atoms with van der Waals surface area (Å²) in [7, 11) is 1.58. The first-order valence-corrected chi connectivity index (χ1v) is 6.53. The van der Waals surface area contributed by atoms with Crippen LogP contribution in [-0.4, -0.2) is 42.3 Å². The van der Waals surface area contributed by atoms with E-state index in [1.807, 2.05) is 6.07 Å². The second-order valence-corrected chi connectivity index (χ2v) is 4.90.